The molecule has 0 saturated heterocycles. The van der Waals surface area contributed by atoms with E-state index in [0.717, 1.165) is 16.9 Å². The molecule has 0 unspecified atom stereocenters. The number of aromatic nitrogens is 1. The lowest BCUT2D eigenvalue weighted by atomic mass is 10.2. The van der Waals surface area contributed by atoms with Crippen molar-refractivity contribution in [2.45, 2.75) is 20.0 Å². The van der Waals surface area contributed by atoms with Gasteiger partial charge in [-0.25, -0.2) is 4.98 Å². The second kappa shape index (κ2) is 5.24. The van der Waals surface area contributed by atoms with Crippen LogP contribution in [-0.2, 0) is 6.18 Å². The number of halogens is 3. The average Bonchev–Trinajstić information content (AvgIpc) is 2.74. The van der Waals surface area contributed by atoms with Crippen molar-refractivity contribution < 1.29 is 18.0 Å². The number of nitrogens with zero attached hydrogens (tertiary/aromatic N) is 1. The van der Waals surface area contributed by atoms with E-state index in [0.29, 0.717) is 5.69 Å². The monoisotopic (exact) mass is 300 g/mol. The summed E-state index contributed by atoms with van der Waals surface area (Å²) in [6, 6.07) is 6.79. The van der Waals surface area contributed by atoms with Crippen molar-refractivity contribution in [3.63, 3.8) is 0 Å². The summed E-state index contributed by atoms with van der Waals surface area (Å²) in [6.45, 7) is 3.31. The molecule has 0 spiro atoms. The van der Waals surface area contributed by atoms with Gasteiger partial charge in [-0.3, -0.25) is 4.79 Å². The summed E-state index contributed by atoms with van der Waals surface area (Å²) >= 11 is 0.729. The maximum atomic E-state index is 12.8. The maximum absolute atomic E-state index is 12.8. The van der Waals surface area contributed by atoms with E-state index in [1.54, 1.807) is 24.3 Å². The Bertz CT molecular complexity index is 632. The Morgan fingerprint density at radius 2 is 1.80 bits per heavy atom. The molecule has 0 aliphatic carbocycles. The van der Waals surface area contributed by atoms with Gasteiger partial charge in [-0.05, 0) is 26.0 Å². The number of nitrogens with one attached hydrogen (secondary N) is 1. The first-order valence-electron chi connectivity index (χ1n) is 5.70. The van der Waals surface area contributed by atoms with Gasteiger partial charge in [0.15, 0.2) is 5.69 Å². The van der Waals surface area contributed by atoms with Crippen molar-refractivity contribution in [1.29, 1.82) is 0 Å². The topological polar surface area (TPSA) is 42.0 Å². The van der Waals surface area contributed by atoms with Crippen LogP contribution in [0.3, 0.4) is 0 Å². The highest BCUT2D eigenvalue weighted by molar-refractivity contribution is 7.13. The smallest absolute Gasteiger partial charge is 0.321 e. The average molecular weight is 300 g/mol. The van der Waals surface area contributed by atoms with E-state index >= 15 is 0 Å². The fraction of sp³-hybridized carbons (Fsp3) is 0.231. The predicted molar refractivity (Wildman–Crippen MR) is 71.0 cm³/mol. The Labute approximate surface area is 117 Å². The Kier molecular flexibility index (Phi) is 3.80. The summed E-state index contributed by atoms with van der Waals surface area (Å²) in [5, 5.41) is 2.64. The Hall–Kier alpha value is -1.89. The molecule has 0 atom stereocenters. The number of hydrogen-bond acceptors (Lipinski definition) is 3. The van der Waals surface area contributed by atoms with Gasteiger partial charge in [-0.1, -0.05) is 17.7 Å². The summed E-state index contributed by atoms with van der Waals surface area (Å²) in [7, 11) is 0. The molecule has 1 aromatic carbocycles. The predicted octanol–water partition coefficient (Wildman–Crippen LogP) is 4.03. The largest absolute Gasteiger partial charge is 0.435 e. The highest BCUT2D eigenvalue weighted by atomic mass is 32.1. The number of thiazole rings is 1. The first-order valence-corrected chi connectivity index (χ1v) is 6.51. The highest BCUT2D eigenvalue weighted by Crippen LogP contribution is 2.34. The fourth-order valence-electron chi connectivity index (χ4n) is 1.60. The number of alkyl halides is 3. The molecule has 0 aliphatic heterocycles. The lowest BCUT2D eigenvalue weighted by Crippen LogP contribution is -2.17. The summed E-state index contributed by atoms with van der Waals surface area (Å²) in [5.74, 6) is -0.799. The van der Waals surface area contributed by atoms with Crippen LogP contribution in [0.4, 0.5) is 18.9 Å². The van der Waals surface area contributed by atoms with Gasteiger partial charge in [0.2, 0.25) is 0 Å². The van der Waals surface area contributed by atoms with Gasteiger partial charge in [0, 0.05) is 5.69 Å². The first-order chi connectivity index (χ1) is 9.27. The second-order valence-corrected chi connectivity index (χ2v) is 5.43. The quantitative estimate of drug-likeness (QED) is 0.909. The number of carbonyl (C=O) groups excluding carboxylic acids is 1. The number of rotatable bonds is 2. The van der Waals surface area contributed by atoms with Gasteiger partial charge < -0.3 is 5.32 Å². The Balaban J connectivity index is 2.28. The van der Waals surface area contributed by atoms with E-state index in [4.69, 9.17) is 0 Å². The third-order valence-corrected chi connectivity index (χ3v) is 3.49. The van der Waals surface area contributed by atoms with E-state index in [1.165, 1.54) is 6.92 Å². The SMILES string of the molecule is Cc1ccc(NC(=O)c2sc(C)nc2C(F)(F)F)cc1. The van der Waals surface area contributed by atoms with E-state index in [9.17, 15) is 18.0 Å². The fourth-order valence-corrected chi connectivity index (χ4v) is 2.43. The normalized spacial score (nSPS) is 11.4. The molecule has 7 heteroatoms. The van der Waals surface area contributed by atoms with E-state index < -0.39 is 22.7 Å². The van der Waals surface area contributed by atoms with E-state index in [-0.39, 0.29) is 5.01 Å². The van der Waals surface area contributed by atoms with Crippen LogP contribution >= 0.6 is 11.3 Å². The minimum Gasteiger partial charge on any atom is -0.321 e. The van der Waals surface area contributed by atoms with Crippen LogP contribution in [0.25, 0.3) is 0 Å². The van der Waals surface area contributed by atoms with Gasteiger partial charge in [-0.15, -0.1) is 11.3 Å². The van der Waals surface area contributed by atoms with Crippen LogP contribution in [0.1, 0.15) is 25.9 Å². The molecule has 2 aromatic rings. The summed E-state index contributed by atoms with van der Waals surface area (Å²) < 4.78 is 38.3. The van der Waals surface area contributed by atoms with Crippen LogP contribution in [-0.4, -0.2) is 10.9 Å². The molecule has 1 heterocycles. The Morgan fingerprint density at radius 3 is 2.35 bits per heavy atom. The minimum absolute atomic E-state index is 0.200. The molecule has 2 rings (SSSR count). The summed E-state index contributed by atoms with van der Waals surface area (Å²) in [5.41, 5.74) is 0.303. The molecule has 20 heavy (non-hydrogen) atoms. The molecule has 0 fully saturated rings. The van der Waals surface area contributed by atoms with Crippen LogP contribution in [0, 0.1) is 13.8 Å². The number of hydrogen-bond donors (Lipinski definition) is 1. The van der Waals surface area contributed by atoms with Crippen LogP contribution < -0.4 is 5.32 Å². The zero-order chi connectivity index (χ0) is 14.9. The summed E-state index contributed by atoms with van der Waals surface area (Å²) in [4.78, 5) is 14.9. The zero-order valence-electron chi connectivity index (χ0n) is 10.7. The third-order valence-electron chi connectivity index (χ3n) is 2.52. The van der Waals surface area contributed by atoms with Crippen molar-refractivity contribution in [1.82, 2.24) is 4.98 Å². The van der Waals surface area contributed by atoms with Gasteiger partial charge in [-0.2, -0.15) is 13.2 Å². The molecule has 106 valence electrons. The summed E-state index contributed by atoms with van der Waals surface area (Å²) in [6.07, 6.45) is -4.63. The molecule has 1 amide bonds. The first kappa shape index (κ1) is 14.5. The maximum Gasteiger partial charge on any atom is 0.435 e. The van der Waals surface area contributed by atoms with Gasteiger partial charge >= 0.3 is 6.18 Å². The van der Waals surface area contributed by atoms with Crippen molar-refractivity contribution >= 4 is 22.9 Å². The molecule has 0 radical (unpaired) electrons. The van der Waals surface area contributed by atoms with Crippen molar-refractivity contribution in [2.24, 2.45) is 0 Å². The minimum atomic E-state index is -4.63. The van der Waals surface area contributed by atoms with E-state index in [2.05, 4.69) is 10.3 Å². The molecule has 0 aliphatic rings. The number of benzene rings is 1. The Morgan fingerprint density at radius 1 is 1.20 bits per heavy atom. The highest BCUT2D eigenvalue weighted by Gasteiger charge is 2.39. The van der Waals surface area contributed by atoms with Gasteiger partial charge in [0.05, 0.1) is 5.01 Å². The third kappa shape index (κ3) is 3.16. The van der Waals surface area contributed by atoms with Crippen molar-refractivity contribution in [2.75, 3.05) is 5.32 Å². The van der Waals surface area contributed by atoms with Gasteiger partial charge in [0.25, 0.3) is 5.91 Å². The lowest BCUT2D eigenvalue weighted by molar-refractivity contribution is -0.141. The van der Waals surface area contributed by atoms with Gasteiger partial charge in [0.1, 0.15) is 4.88 Å². The molecular formula is C13H11F3N2OS. The van der Waals surface area contributed by atoms with Crippen LogP contribution in [0.5, 0.6) is 0 Å². The standard InChI is InChI=1S/C13H11F3N2OS/c1-7-3-5-9(6-4-7)18-12(19)10-11(13(14,15)16)17-8(2)20-10/h3-6H,1-2H3,(H,18,19). The molecule has 3 nitrogen and oxygen atoms in total. The molecule has 0 saturated carbocycles. The molecule has 1 N–H and O–H groups in total. The second-order valence-electron chi connectivity index (χ2n) is 4.23. The van der Waals surface area contributed by atoms with Crippen LogP contribution in [0.15, 0.2) is 24.3 Å². The lowest BCUT2D eigenvalue weighted by Gasteiger charge is -2.07. The van der Waals surface area contributed by atoms with Crippen LogP contribution in [0.2, 0.25) is 0 Å². The number of carbonyl (C=O) groups is 1. The van der Waals surface area contributed by atoms with Crippen molar-refractivity contribution in [3.05, 3.63) is 45.4 Å². The number of anilines is 1. The number of aryl methyl sites for hydroxylation is 2. The molecular weight excluding hydrogens is 289 g/mol. The number of amides is 1. The van der Waals surface area contributed by atoms with Crippen molar-refractivity contribution in [3.8, 4) is 0 Å². The molecule has 0 bridgehead atoms. The van der Waals surface area contributed by atoms with E-state index in [1.807, 2.05) is 6.92 Å². The zero-order valence-corrected chi connectivity index (χ0v) is 11.5. The molecule has 1 aromatic heterocycles.